The molecule has 0 rings (SSSR count). The first-order valence-electron chi connectivity index (χ1n) is 12.4. The van der Waals surface area contributed by atoms with Gasteiger partial charge in [0.1, 0.15) is 0 Å². The van der Waals surface area contributed by atoms with Gasteiger partial charge in [0, 0.05) is 6.61 Å². The molecule has 0 heterocycles. The lowest BCUT2D eigenvalue weighted by molar-refractivity contribution is -0.00185. The van der Waals surface area contributed by atoms with Crippen molar-refractivity contribution in [3.05, 3.63) is 0 Å². The van der Waals surface area contributed by atoms with E-state index < -0.39 is 0 Å². The van der Waals surface area contributed by atoms with Crippen LogP contribution in [-0.4, -0.2) is 39.1 Å². The zero-order valence-electron chi connectivity index (χ0n) is 19.8. The van der Waals surface area contributed by atoms with Gasteiger partial charge in [0.15, 0.2) is 0 Å². The average Bonchev–Trinajstić information content (AvgIpc) is 2.65. The summed E-state index contributed by atoms with van der Waals surface area (Å²) in [5.41, 5.74) is 0. The van der Waals surface area contributed by atoms with Crippen LogP contribution in [0.3, 0.4) is 0 Å². The van der Waals surface area contributed by atoms with Gasteiger partial charge in [-0.05, 0) is 26.2 Å². The largest absolute Gasteiger partial charge is 0.379 e. The highest BCUT2D eigenvalue weighted by atomic mass is 16.5. The summed E-state index contributed by atoms with van der Waals surface area (Å²) in [6.45, 7) is 12.4. The Morgan fingerprint density at radius 3 is 1.29 bits per heavy atom. The quantitative estimate of drug-likeness (QED) is 0.166. The van der Waals surface area contributed by atoms with E-state index in [4.69, 9.17) is 14.2 Å². The van der Waals surface area contributed by atoms with E-state index in [9.17, 15) is 0 Å². The molecular formula is C25H52O3. The third kappa shape index (κ3) is 25.9. The number of ether oxygens (including phenoxy) is 3. The van der Waals surface area contributed by atoms with Gasteiger partial charge in [0.25, 0.3) is 0 Å². The van der Waals surface area contributed by atoms with Crippen molar-refractivity contribution in [2.45, 2.75) is 124 Å². The first-order valence-corrected chi connectivity index (χ1v) is 12.4. The molecule has 0 aliphatic rings. The standard InChI is InChI=1S/C25H52O3/c1-24(2)18-16-14-12-10-8-6-5-7-9-11-13-15-17-19-26-20-21-27-22-23-28-25(3)4/h24-25H,5-23H2,1-4H3. The molecule has 3 nitrogen and oxygen atoms in total. The van der Waals surface area contributed by atoms with Gasteiger partial charge in [-0.15, -0.1) is 0 Å². The SMILES string of the molecule is CC(C)CCCCCCCCCCCCCCCOCCOCCOC(C)C. The molecule has 0 atom stereocenters. The summed E-state index contributed by atoms with van der Waals surface area (Å²) < 4.78 is 16.5. The van der Waals surface area contributed by atoms with Crippen molar-refractivity contribution in [2.24, 2.45) is 5.92 Å². The van der Waals surface area contributed by atoms with Crippen LogP contribution < -0.4 is 0 Å². The van der Waals surface area contributed by atoms with E-state index in [2.05, 4.69) is 13.8 Å². The lowest BCUT2D eigenvalue weighted by atomic mass is 10.0. The summed E-state index contributed by atoms with van der Waals surface area (Å²) in [7, 11) is 0. The lowest BCUT2D eigenvalue weighted by Crippen LogP contribution is -2.12. The summed E-state index contributed by atoms with van der Waals surface area (Å²) in [5, 5.41) is 0. The van der Waals surface area contributed by atoms with Gasteiger partial charge in [-0.2, -0.15) is 0 Å². The molecule has 0 N–H and O–H groups in total. The minimum atomic E-state index is 0.286. The van der Waals surface area contributed by atoms with Crippen LogP contribution in [0.25, 0.3) is 0 Å². The molecule has 0 bridgehead atoms. The van der Waals surface area contributed by atoms with E-state index >= 15 is 0 Å². The molecule has 3 heteroatoms. The van der Waals surface area contributed by atoms with E-state index in [1.807, 2.05) is 13.8 Å². The molecule has 0 radical (unpaired) electrons. The van der Waals surface area contributed by atoms with Crippen LogP contribution in [0.1, 0.15) is 118 Å². The molecule has 0 saturated heterocycles. The second kappa shape index (κ2) is 23.2. The minimum Gasteiger partial charge on any atom is -0.379 e. The van der Waals surface area contributed by atoms with Crippen LogP contribution in [0.2, 0.25) is 0 Å². The highest BCUT2D eigenvalue weighted by Gasteiger charge is 1.97. The normalized spacial score (nSPS) is 11.8. The maximum Gasteiger partial charge on any atom is 0.0703 e. The lowest BCUT2D eigenvalue weighted by Gasteiger charge is -2.08. The van der Waals surface area contributed by atoms with Crippen LogP contribution >= 0.6 is 0 Å². The second-order valence-corrected chi connectivity index (χ2v) is 8.92. The third-order valence-electron chi connectivity index (χ3n) is 5.12. The number of hydrogen-bond donors (Lipinski definition) is 0. The highest BCUT2D eigenvalue weighted by Crippen LogP contribution is 2.14. The Hall–Kier alpha value is -0.120. The Kier molecular flexibility index (Phi) is 23.1. The van der Waals surface area contributed by atoms with Crippen molar-refractivity contribution in [2.75, 3.05) is 33.0 Å². The molecule has 0 spiro atoms. The Balaban J connectivity index is 3.00. The molecule has 0 unspecified atom stereocenters. The number of hydrogen-bond acceptors (Lipinski definition) is 3. The van der Waals surface area contributed by atoms with Gasteiger partial charge in [0.2, 0.25) is 0 Å². The van der Waals surface area contributed by atoms with E-state index in [1.165, 1.54) is 89.9 Å². The Labute approximate surface area is 177 Å². The maximum absolute atomic E-state index is 5.61. The van der Waals surface area contributed by atoms with Gasteiger partial charge < -0.3 is 14.2 Å². The summed E-state index contributed by atoms with van der Waals surface area (Å²) in [6.07, 6.45) is 19.9. The zero-order chi connectivity index (χ0) is 20.7. The van der Waals surface area contributed by atoms with Crippen molar-refractivity contribution in [1.29, 1.82) is 0 Å². The number of unbranched alkanes of at least 4 members (excludes halogenated alkanes) is 12. The minimum absolute atomic E-state index is 0.286. The van der Waals surface area contributed by atoms with Crippen molar-refractivity contribution in [3.63, 3.8) is 0 Å². The fraction of sp³-hybridized carbons (Fsp3) is 1.00. The van der Waals surface area contributed by atoms with Gasteiger partial charge in [0.05, 0.1) is 32.5 Å². The molecule has 0 aromatic heterocycles. The number of rotatable bonds is 23. The van der Waals surface area contributed by atoms with Crippen LogP contribution in [0.5, 0.6) is 0 Å². The predicted molar refractivity (Wildman–Crippen MR) is 122 cm³/mol. The molecule has 0 amide bonds. The fourth-order valence-electron chi connectivity index (χ4n) is 3.37. The molecule has 0 fully saturated rings. The Morgan fingerprint density at radius 1 is 0.429 bits per heavy atom. The van der Waals surface area contributed by atoms with Crippen LogP contribution in [-0.2, 0) is 14.2 Å². The van der Waals surface area contributed by atoms with Crippen LogP contribution in [0.4, 0.5) is 0 Å². The third-order valence-corrected chi connectivity index (χ3v) is 5.12. The summed E-state index contributed by atoms with van der Waals surface area (Å²) in [6, 6.07) is 0. The van der Waals surface area contributed by atoms with Crippen molar-refractivity contribution in [1.82, 2.24) is 0 Å². The summed E-state index contributed by atoms with van der Waals surface area (Å²) in [5.74, 6) is 0.882. The Bertz CT molecular complexity index is 251. The Morgan fingerprint density at radius 2 is 0.821 bits per heavy atom. The van der Waals surface area contributed by atoms with E-state index in [1.54, 1.807) is 0 Å². The molecule has 0 aliphatic carbocycles. The van der Waals surface area contributed by atoms with Crippen LogP contribution in [0.15, 0.2) is 0 Å². The van der Waals surface area contributed by atoms with Crippen molar-refractivity contribution in [3.8, 4) is 0 Å². The van der Waals surface area contributed by atoms with E-state index in [-0.39, 0.29) is 6.10 Å². The summed E-state index contributed by atoms with van der Waals surface area (Å²) >= 11 is 0. The molecule has 0 saturated carbocycles. The van der Waals surface area contributed by atoms with E-state index in [0.29, 0.717) is 26.4 Å². The maximum atomic E-state index is 5.61. The molecule has 0 aliphatic heterocycles. The molecule has 170 valence electrons. The van der Waals surface area contributed by atoms with Gasteiger partial charge in [-0.3, -0.25) is 0 Å². The fourth-order valence-corrected chi connectivity index (χ4v) is 3.37. The topological polar surface area (TPSA) is 27.7 Å². The zero-order valence-corrected chi connectivity index (χ0v) is 19.8. The van der Waals surface area contributed by atoms with Crippen LogP contribution in [0, 0.1) is 5.92 Å². The predicted octanol–water partition coefficient (Wildman–Crippen LogP) is 7.56. The summed E-state index contributed by atoms with van der Waals surface area (Å²) in [4.78, 5) is 0. The second-order valence-electron chi connectivity index (χ2n) is 8.92. The molecule has 28 heavy (non-hydrogen) atoms. The monoisotopic (exact) mass is 400 g/mol. The molecule has 0 aromatic rings. The first kappa shape index (κ1) is 27.9. The highest BCUT2D eigenvalue weighted by molar-refractivity contribution is 4.51. The molecular weight excluding hydrogens is 348 g/mol. The van der Waals surface area contributed by atoms with Gasteiger partial charge in [-0.1, -0.05) is 97.3 Å². The smallest absolute Gasteiger partial charge is 0.0703 e. The molecule has 0 aromatic carbocycles. The van der Waals surface area contributed by atoms with E-state index in [0.717, 1.165) is 12.5 Å². The van der Waals surface area contributed by atoms with Crippen molar-refractivity contribution >= 4 is 0 Å². The van der Waals surface area contributed by atoms with Gasteiger partial charge >= 0.3 is 0 Å². The van der Waals surface area contributed by atoms with Gasteiger partial charge in [-0.25, -0.2) is 0 Å². The van der Waals surface area contributed by atoms with Crippen molar-refractivity contribution < 1.29 is 14.2 Å². The average molecular weight is 401 g/mol. The first-order chi connectivity index (χ1) is 13.6.